The van der Waals surface area contributed by atoms with Crippen LogP contribution in [-0.4, -0.2) is 35.9 Å². The predicted molar refractivity (Wildman–Crippen MR) is 76.3 cm³/mol. The summed E-state index contributed by atoms with van der Waals surface area (Å²) in [7, 11) is 0. The molecule has 2 unspecified atom stereocenters. The van der Waals surface area contributed by atoms with Crippen LogP contribution in [0.3, 0.4) is 0 Å². The highest BCUT2D eigenvalue weighted by molar-refractivity contribution is 5.78. The molecule has 112 valence electrons. The number of carboxylic acids is 1. The molecule has 1 saturated carbocycles. The predicted octanol–water partition coefficient (Wildman–Crippen LogP) is 2.81. The largest absolute Gasteiger partial charge is 0.480 e. The summed E-state index contributed by atoms with van der Waals surface area (Å²) < 4.78 is 5.77. The van der Waals surface area contributed by atoms with Crippen molar-refractivity contribution in [2.75, 3.05) is 13.2 Å². The molecule has 0 aliphatic heterocycles. The highest BCUT2D eigenvalue weighted by Crippen LogP contribution is 2.29. The third kappa shape index (κ3) is 5.49. The van der Waals surface area contributed by atoms with E-state index in [9.17, 15) is 9.90 Å². The van der Waals surface area contributed by atoms with E-state index in [0.717, 1.165) is 31.9 Å². The summed E-state index contributed by atoms with van der Waals surface area (Å²) in [6, 6.07) is 0. The minimum Gasteiger partial charge on any atom is -0.480 e. The fraction of sp³-hybridized carbons (Fsp3) is 0.933. The van der Waals surface area contributed by atoms with Crippen molar-refractivity contribution >= 4 is 5.97 Å². The molecule has 0 aromatic heterocycles. The molecule has 0 spiro atoms. The highest BCUT2D eigenvalue weighted by atomic mass is 16.5. The Morgan fingerprint density at radius 2 is 2.21 bits per heavy atom. The number of hydrogen-bond acceptors (Lipinski definition) is 3. The SMILES string of the molecule is CCCNC(C)(CC(C)OCCC1CCC1)C(=O)O. The fourth-order valence-corrected chi connectivity index (χ4v) is 2.49. The molecule has 0 heterocycles. The van der Waals surface area contributed by atoms with Crippen molar-refractivity contribution in [3.63, 3.8) is 0 Å². The van der Waals surface area contributed by atoms with E-state index in [1.54, 1.807) is 6.92 Å². The monoisotopic (exact) mass is 271 g/mol. The molecule has 2 N–H and O–H groups in total. The van der Waals surface area contributed by atoms with Crippen molar-refractivity contribution in [3.05, 3.63) is 0 Å². The Hall–Kier alpha value is -0.610. The van der Waals surface area contributed by atoms with E-state index in [1.165, 1.54) is 19.3 Å². The van der Waals surface area contributed by atoms with Gasteiger partial charge in [-0.05, 0) is 39.2 Å². The van der Waals surface area contributed by atoms with Crippen LogP contribution in [0.1, 0.15) is 59.3 Å². The molecular weight excluding hydrogens is 242 g/mol. The van der Waals surface area contributed by atoms with E-state index in [0.29, 0.717) is 6.42 Å². The zero-order chi connectivity index (χ0) is 14.3. The molecule has 1 fully saturated rings. The van der Waals surface area contributed by atoms with Crippen molar-refractivity contribution in [2.24, 2.45) is 5.92 Å². The number of hydrogen-bond donors (Lipinski definition) is 2. The zero-order valence-electron chi connectivity index (χ0n) is 12.6. The van der Waals surface area contributed by atoms with Crippen molar-refractivity contribution in [2.45, 2.75) is 70.9 Å². The van der Waals surface area contributed by atoms with Gasteiger partial charge in [0.1, 0.15) is 5.54 Å². The van der Waals surface area contributed by atoms with Gasteiger partial charge >= 0.3 is 5.97 Å². The van der Waals surface area contributed by atoms with Gasteiger partial charge in [-0.15, -0.1) is 0 Å². The van der Waals surface area contributed by atoms with Gasteiger partial charge in [0.05, 0.1) is 6.10 Å². The molecule has 0 amide bonds. The van der Waals surface area contributed by atoms with Gasteiger partial charge in [0, 0.05) is 13.0 Å². The van der Waals surface area contributed by atoms with Crippen LogP contribution >= 0.6 is 0 Å². The lowest BCUT2D eigenvalue weighted by Crippen LogP contribution is -2.51. The van der Waals surface area contributed by atoms with Gasteiger partial charge in [0.15, 0.2) is 0 Å². The van der Waals surface area contributed by atoms with Crippen molar-refractivity contribution in [1.82, 2.24) is 5.32 Å². The second-order valence-corrected chi connectivity index (χ2v) is 6.04. The summed E-state index contributed by atoms with van der Waals surface area (Å²) >= 11 is 0. The average Bonchev–Trinajstić information content (AvgIpc) is 2.29. The summed E-state index contributed by atoms with van der Waals surface area (Å²) in [5.41, 5.74) is -0.883. The Bertz CT molecular complexity index is 279. The van der Waals surface area contributed by atoms with Gasteiger partial charge in [-0.2, -0.15) is 0 Å². The van der Waals surface area contributed by atoms with Gasteiger partial charge in [-0.3, -0.25) is 4.79 Å². The summed E-state index contributed by atoms with van der Waals surface area (Å²) in [6.07, 6.45) is 6.57. The topological polar surface area (TPSA) is 58.6 Å². The Labute approximate surface area is 116 Å². The Balaban J connectivity index is 2.28. The Kier molecular flexibility index (Phi) is 6.80. The smallest absolute Gasteiger partial charge is 0.323 e. The molecular formula is C15H29NO3. The summed E-state index contributed by atoms with van der Waals surface area (Å²) in [5.74, 6) is 0.0478. The van der Waals surface area contributed by atoms with Crippen LogP contribution in [0.15, 0.2) is 0 Å². The molecule has 0 aromatic rings. The maximum absolute atomic E-state index is 11.4. The van der Waals surface area contributed by atoms with E-state index >= 15 is 0 Å². The van der Waals surface area contributed by atoms with Crippen LogP contribution in [0.2, 0.25) is 0 Å². The molecule has 0 saturated heterocycles. The number of aliphatic carboxylic acids is 1. The summed E-state index contributed by atoms with van der Waals surface area (Å²) in [4.78, 5) is 11.4. The second kappa shape index (κ2) is 7.85. The van der Waals surface area contributed by atoms with E-state index in [2.05, 4.69) is 5.32 Å². The molecule has 0 bridgehead atoms. The maximum atomic E-state index is 11.4. The number of carbonyl (C=O) groups is 1. The molecule has 19 heavy (non-hydrogen) atoms. The van der Waals surface area contributed by atoms with Crippen LogP contribution in [0.5, 0.6) is 0 Å². The van der Waals surface area contributed by atoms with Gasteiger partial charge < -0.3 is 15.2 Å². The van der Waals surface area contributed by atoms with Crippen LogP contribution in [0, 0.1) is 5.92 Å². The van der Waals surface area contributed by atoms with Crippen molar-refractivity contribution < 1.29 is 14.6 Å². The first-order valence-corrected chi connectivity index (χ1v) is 7.58. The first-order chi connectivity index (χ1) is 8.98. The van der Waals surface area contributed by atoms with E-state index in [-0.39, 0.29) is 6.10 Å². The number of ether oxygens (including phenoxy) is 1. The lowest BCUT2D eigenvalue weighted by molar-refractivity contribution is -0.146. The molecule has 4 nitrogen and oxygen atoms in total. The maximum Gasteiger partial charge on any atom is 0.323 e. The van der Waals surface area contributed by atoms with E-state index in [1.807, 2.05) is 13.8 Å². The molecule has 4 heteroatoms. The Morgan fingerprint density at radius 3 is 2.68 bits per heavy atom. The van der Waals surface area contributed by atoms with Crippen LogP contribution in [0.4, 0.5) is 0 Å². The second-order valence-electron chi connectivity index (χ2n) is 6.04. The number of rotatable bonds is 10. The molecule has 1 aliphatic rings. The van der Waals surface area contributed by atoms with E-state index in [4.69, 9.17) is 4.74 Å². The average molecular weight is 271 g/mol. The van der Waals surface area contributed by atoms with Gasteiger partial charge in [0.2, 0.25) is 0 Å². The van der Waals surface area contributed by atoms with Crippen molar-refractivity contribution in [1.29, 1.82) is 0 Å². The molecule has 1 rings (SSSR count). The van der Waals surface area contributed by atoms with Gasteiger partial charge in [0.25, 0.3) is 0 Å². The van der Waals surface area contributed by atoms with Crippen LogP contribution < -0.4 is 5.32 Å². The van der Waals surface area contributed by atoms with Crippen molar-refractivity contribution in [3.8, 4) is 0 Å². The van der Waals surface area contributed by atoms with Gasteiger partial charge in [-0.1, -0.05) is 26.2 Å². The first-order valence-electron chi connectivity index (χ1n) is 7.58. The number of carboxylic acid groups (broad SMARTS) is 1. The molecule has 0 aromatic carbocycles. The summed E-state index contributed by atoms with van der Waals surface area (Å²) in [6.45, 7) is 7.23. The normalized spacial score (nSPS) is 20.6. The standard InChI is InChI=1S/C15H29NO3/c1-4-9-16-15(3,14(17)18)11-12(2)19-10-8-13-6-5-7-13/h12-13,16H,4-11H2,1-3H3,(H,17,18). The minimum absolute atomic E-state index is 0.0227. The lowest BCUT2D eigenvalue weighted by atomic mass is 9.83. The third-order valence-electron chi connectivity index (χ3n) is 4.09. The fourth-order valence-electron chi connectivity index (χ4n) is 2.49. The molecule has 0 radical (unpaired) electrons. The quantitative estimate of drug-likeness (QED) is 0.641. The zero-order valence-corrected chi connectivity index (χ0v) is 12.6. The van der Waals surface area contributed by atoms with Gasteiger partial charge in [-0.25, -0.2) is 0 Å². The molecule has 1 aliphatic carbocycles. The minimum atomic E-state index is -0.883. The third-order valence-corrected chi connectivity index (χ3v) is 4.09. The van der Waals surface area contributed by atoms with Crippen LogP contribution in [0.25, 0.3) is 0 Å². The molecule has 2 atom stereocenters. The first kappa shape index (κ1) is 16.4. The highest BCUT2D eigenvalue weighted by Gasteiger charge is 2.34. The lowest BCUT2D eigenvalue weighted by Gasteiger charge is -2.30. The Morgan fingerprint density at radius 1 is 1.53 bits per heavy atom. The van der Waals surface area contributed by atoms with E-state index < -0.39 is 11.5 Å². The van der Waals surface area contributed by atoms with Crippen LogP contribution in [-0.2, 0) is 9.53 Å². The summed E-state index contributed by atoms with van der Waals surface area (Å²) in [5, 5.41) is 12.5. The number of nitrogens with one attached hydrogen (secondary N) is 1.